The molecule has 1 unspecified atom stereocenters. The van der Waals surface area contributed by atoms with Crippen LogP contribution in [0.3, 0.4) is 0 Å². The molecular formula is C98H111BrCl3N9O18S12. The van der Waals surface area contributed by atoms with E-state index < -0.39 is 92.6 Å². The smallest absolute Gasteiger partial charge is 0.226 e. The Morgan fingerprint density at radius 2 is 0.695 bits per heavy atom. The molecule has 3 fully saturated rings. The number of rotatable bonds is 23. The molecule has 1 atom stereocenters. The lowest BCUT2D eigenvalue weighted by Gasteiger charge is -2.25. The van der Waals surface area contributed by atoms with Gasteiger partial charge >= 0.3 is 0 Å². The number of hydrogen-bond acceptors (Lipinski definition) is 33. The van der Waals surface area contributed by atoms with Crippen LogP contribution in [0.4, 0.5) is 15.4 Å². The first kappa shape index (κ1) is 113. The summed E-state index contributed by atoms with van der Waals surface area (Å²) < 4.78 is 155. The SMILES string of the molecule is CC(C)(O)c1ccc(S(=O)(=O)c2nc(N3CCCC3)sc2Cl)cc1.CC(C)(O)c1ccc(S(=O)(=O)c2sc(C#N)cc2Cl)cc1.CC1CCCN1c1nc(S(=O)(=O)c2ccc(C(C)(C)O)cc2)c(Cl)s1.CCc1sc(N2CCCCC2)nc1S(=O)(=O)c1ccc(C(C)(C)O)cc1.Cc1nc(-c2ccccc2)sc1S(=O)(=O)c1ccc(C(C)(C)O)cc1.Cc1nc(Br)sc1S(=O)(=O)c1ccc(C(C)(C)O)cc1. The maximum Gasteiger partial charge on any atom is 0.226 e. The Hall–Kier alpha value is -7.91. The van der Waals surface area contributed by atoms with Gasteiger partial charge in [0.15, 0.2) is 34.4 Å². The Labute approximate surface area is 873 Å². The summed E-state index contributed by atoms with van der Waals surface area (Å²) in [4.78, 5) is 30.0. The topological polar surface area (TPSA) is 424 Å². The number of nitrogens with zero attached hydrogens (tertiary/aromatic N) is 9. The Morgan fingerprint density at radius 1 is 0.383 bits per heavy atom. The first-order chi connectivity index (χ1) is 65.5. The van der Waals surface area contributed by atoms with Gasteiger partial charge in [-0.2, -0.15) is 5.26 Å². The third-order valence-corrected chi connectivity index (χ3v) is 43.9. The van der Waals surface area contributed by atoms with Gasteiger partial charge < -0.3 is 45.3 Å². The van der Waals surface area contributed by atoms with E-state index in [1.807, 2.05) is 43.3 Å². The van der Waals surface area contributed by atoms with Crippen LogP contribution in [-0.2, 0) is 99.1 Å². The minimum absolute atomic E-state index is 0.0446. The van der Waals surface area contributed by atoms with Gasteiger partial charge in [0.1, 0.15) is 37.3 Å². The predicted octanol–water partition coefficient (Wildman–Crippen LogP) is 21.8. The molecule has 43 heteroatoms. The lowest BCUT2D eigenvalue weighted by atomic mass is 9.99. The predicted molar refractivity (Wildman–Crippen MR) is 563 cm³/mol. The number of nitriles is 1. The second kappa shape index (κ2) is 45.2. The third-order valence-electron chi connectivity index (χ3n) is 22.9. The quantitative estimate of drug-likeness (QED) is 0.0346. The van der Waals surface area contributed by atoms with Gasteiger partial charge in [0.25, 0.3) is 0 Å². The average molecular weight is 2270 g/mol. The zero-order valence-corrected chi connectivity index (χ0v) is 93.8. The Morgan fingerprint density at radius 3 is 1.02 bits per heavy atom. The van der Waals surface area contributed by atoms with E-state index in [9.17, 15) is 81.1 Å². The van der Waals surface area contributed by atoms with E-state index in [4.69, 9.17) is 40.1 Å². The number of thiophene rings is 1. The van der Waals surface area contributed by atoms with E-state index in [0.29, 0.717) is 76.4 Å². The van der Waals surface area contributed by atoms with E-state index in [1.54, 1.807) is 182 Å². The van der Waals surface area contributed by atoms with Gasteiger partial charge in [0, 0.05) is 49.2 Å². The molecule has 3 saturated heterocycles. The molecule has 6 N–H and O–H groups in total. The van der Waals surface area contributed by atoms with E-state index in [1.165, 1.54) is 118 Å². The Kier molecular flexibility index (Phi) is 36.4. The van der Waals surface area contributed by atoms with Crippen molar-refractivity contribution < 1.29 is 81.1 Å². The van der Waals surface area contributed by atoms with Crippen molar-refractivity contribution in [3.05, 3.63) is 254 Å². The first-order valence-electron chi connectivity index (χ1n) is 44.4. The summed E-state index contributed by atoms with van der Waals surface area (Å²) in [6.07, 6.45) is 8.41. The van der Waals surface area contributed by atoms with Crippen LogP contribution in [0.2, 0.25) is 13.7 Å². The molecular weight excluding hydrogens is 2160 g/mol. The van der Waals surface area contributed by atoms with Crippen molar-refractivity contribution in [2.45, 2.75) is 259 Å². The number of aliphatic hydroxyl groups is 6. The van der Waals surface area contributed by atoms with Gasteiger partial charge in [-0.15, -0.1) is 34.0 Å². The fourth-order valence-corrected chi connectivity index (χ4v) is 33.3. The number of benzene rings is 7. The van der Waals surface area contributed by atoms with Crippen LogP contribution in [0, 0.1) is 25.2 Å². The van der Waals surface area contributed by atoms with Crippen LogP contribution in [0.1, 0.15) is 196 Å². The highest BCUT2D eigenvalue weighted by Gasteiger charge is 2.36. The second-order valence-corrected chi connectivity index (χ2v) is 57.6. The molecule has 3 aliphatic heterocycles. The fraction of sp³-hybridized carbons (Fsp3) is 0.367. The van der Waals surface area contributed by atoms with E-state index in [-0.39, 0.29) is 75.7 Å². The minimum atomic E-state index is -3.80. The van der Waals surface area contributed by atoms with Crippen LogP contribution in [0.25, 0.3) is 10.6 Å². The molecule has 13 aromatic rings. The van der Waals surface area contributed by atoms with Crippen molar-refractivity contribution in [1.29, 1.82) is 5.26 Å². The summed E-state index contributed by atoms with van der Waals surface area (Å²) in [6.45, 7) is 31.8. The molecule has 27 nitrogen and oxygen atoms in total. The highest BCUT2D eigenvalue weighted by Crippen LogP contribution is 2.45. The lowest BCUT2D eigenvalue weighted by Crippen LogP contribution is -2.29. The van der Waals surface area contributed by atoms with Crippen molar-refractivity contribution in [2.24, 2.45) is 0 Å². The molecule has 0 radical (unpaired) electrons. The molecule has 0 spiro atoms. The summed E-state index contributed by atoms with van der Waals surface area (Å²) in [6, 6.07) is 50.4. The fourth-order valence-electron chi connectivity index (χ4n) is 14.7. The third kappa shape index (κ3) is 27.5. The summed E-state index contributed by atoms with van der Waals surface area (Å²) in [7, 11) is -22.2. The van der Waals surface area contributed by atoms with E-state index in [0.717, 1.165) is 109 Å². The van der Waals surface area contributed by atoms with Crippen molar-refractivity contribution in [2.75, 3.05) is 47.4 Å². The molecule has 756 valence electrons. The van der Waals surface area contributed by atoms with Crippen LogP contribution >= 0.6 is 119 Å². The van der Waals surface area contributed by atoms with Crippen molar-refractivity contribution >= 4 is 193 Å². The lowest BCUT2D eigenvalue weighted by molar-refractivity contribution is 0.0780. The first-order valence-corrected chi connectivity index (χ1v) is 60.2. The summed E-state index contributed by atoms with van der Waals surface area (Å²) in [5.41, 5.74) is -0.329. The van der Waals surface area contributed by atoms with Gasteiger partial charge in [-0.3, -0.25) is 0 Å². The van der Waals surface area contributed by atoms with Gasteiger partial charge in [0.05, 0.1) is 79.4 Å². The van der Waals surface area contributed by atoms with Crippen LogP contribution in [0.15, 0.2) is 243 Å². The number of thiazole rings is 5. The maximum atomic E-state index is 13.1. The van der Waals surface area contributed by atoms with Crippen LogP contribution in [0.5, 0.6) is 0 Å². The Bertz CT molecular complexity index is 7360. The summed E-state index contributed by atoms with van der Waals surface area (Å²) in [5, 5.41) is 71.5. The van der Waals surface area contributed by atoms with E-state index >= 15 is 0 Å². The summed E-state index contributed by atoms with van der Waals surface area (Å²) in [5.74, 6) is 0. The van der Waals surface area contributed by atoms with Crippen LogP contribution in [-0.4, -0.2) is 145 Å². The zero-order chi connectivity index (χ0) is 104. The molecule has 3 aliphatic rings. The standard InChI is InChI=1S/C19H26N2O3S2.C19H19NO3S2.C17H21ClN2O3S2.C16H19ClN2O3S2.C14H12ClNO3S2.C13H14BrNO3S2/c1-4-16-17(20-18(25-16)21-12-6-5-7-13-21)26(23,24)15-10-8-14(9-11-15)19(2,3)22;1-13-18(24-17(20-13)14-7-5-4-6-8-14)25(22,23)16-11-9-15(10-12-16)19(2,3)21;1-11-5-4-10-20(11)16-19-15(14(18)24-16)25(22,23)13-8-6-12(7-9-13)17(2,3)21;1-16(2,20)11-5-7-12(8-6-11)24(21,22)14-13(17)23-15(18-14)19-9-3-4-10-19;1-14(2,17)9-3-5-11(6-4-9)21(18,19)13-12(15)7-10(8-16)20-13;1-8-11(19-12(14)15-8)20(17,18)10-6-4-9(5-7-10)13(2,3)16/h8-11,22H,4-7,12-13H2,1-3H3;4-12,21H,1-3H3;6-9,11,21H,4-5,10H2,1-3H3;5-8,20H,3-4,9-10H2,1-2H3;3-7,17H,1-2H3;4-7,16H,1-3H3. The molecule has 6 aromatic heterocycles. The monoisotopic (exact) mass is 2270 g/mol. The Balaban J connectivity index is 0.000000162. The molecule has 9 heterocycles. The van der Waals surface area contributed by atoms with Crippen molar-refractivity contribution in [3.63, 3.8) is 0 Å². The zero-order valence-electron chi connectivity index (χ0n) is 80.1. The molecule has 0 amide bonds. The van der Waals surface area contributed by atoms with Crippen LogP contribution < -0.4 is 14.7 Å². The minimum Gasteiger partial charge on any atom is -0.386 e. The highest BCUT2D eigenvalue weighted by molar-refractivity contribution is 9.11. The average Bonchev–Trinajstić information content (AvgIpc) is 1.64. The highest BCUT2D eigenvalue weighted by atomic mass is 79.9. The maximum absolute atomic E-state index is 13.1. The second-order valence-electron chi connectivity index (χ2n) is 36.6. The normalized spacial score (nSPS) is 14.8. The van der Waals surface area contributed by atoms with Crippen molar-refractivity contribution in [1.82, 2.24) is 24.9 Å². The molecule has 0 aliphatic carbocycles. The van der Waals surface area contributed by atoms with E-state index in [2.05, 4.69) is 62.5 Å². The van der Waals surface area contributed by atoms with Gasteiger partial charge in [-0.1, -0.05) is 179 Å². The molecule has 7 aromatic carbocycles. The molecule has 0 bridgehead atoms. The number of hydrogen-bond donors (Lipinski definition) is 6. The number of piperidine rings is 1. The van der Waals surface area contributed by atoms with Gasteiger partial charge in [0.2, 0.25) is 59.0 Å². The molecule has 141 heavy (non-hydrogen) atoms. The number of halogens is 4. The molecule has 0 saturated carbocycles. The number of aromatic nitrogens is 5. The molecule has 16 rings (SSSR count). The number of anilines is 3. The summed E-state index contributed by atoms with van der Waals surface area (Å²) >= 11 is 28.5. The number of aryl methyl sites for hydroxylation is 3. The van der Waals surface area contributed by atoms with Gasteiger partial charge in [-0.25, -0.2) is 75.4 Å². The van der Waals surface area contributed by atoms with Crippen molar-refractivity contribution in [3.8, 4) is 16.6 Å². The van der Waals surface area contributed by atoms with Gasteiger partial charge in [-0.05, 0) is 283 Å². The number of sulfone groups is 6. The largest absolute Gasteiger partial charge is 0.386 e.